The average molecular weight is 339 g/mol. The lowest BCUT2D eigenvalue weighted by molar-refractivity contribution is 0.111. The Bertz CT molecular complexity index is 711. The zero-order valence-corrected chi connectivity index (χ0v) is 13.4. The number of benzene rings is 1. The van der Waals surface area contributed by atoms with Crippen LogP contribution in [0.1, 0.15) is 37.4 Å². The number of imidazole rings is 1. The van der Waals surface area contributed by atoms with Gasteiger partial charge in [0.15, 0.2) is 0 Å². The van der Waals surface area contributed by atoms with Crippen molar-refractivity contribution in [3.8, 4) is 0 Å². The minimum Gasteiger partial charge on any atom is -0.388 e. The first kappa shape index (κ1) is 13.9. The van der Waals surface area contributed by atoms with Crippen molar-refractivity contribution in [2.75, 3.05) is 0 Å². The first-order valence-electron chi connectivity index (χ1n) is 7.03. The summed E-state index contributed by atoms with van der Waals surface area (Å²) in [6.07, 6.45) is 4.11. The molecule has 1 aliphatic carbocycles. The van der Waals surface area contributed by atoms with Crippen molar-refractivity contribution in [3.05, 3.63) is 32.7 Å². The Morgan fingerprint density at radius 1 is 1.20 bits per heavy atom. The summed E-state index contributed by atoms with van der Waals surface area (Å²) >= 11 is 3.55. The molecule has 1 saturated carbocycles. The number of aliphatic hydroxyl groups excluding tert-OH is 1. The van der Waals surface area contributed by atoms with Gasteiger partial charge in [-0.25, -0.2) is 4.79 Å². The topological polar surface area (TPSA) is 47.2 Å². The van der Waals surface area contributed by atoms with Crippen LogP contribution in [0, 0.1) is 5.92 Å². The molecule has 4 nitrogen and oxygen atoms in total. The van der Waals surface area contributed by atoms with E-state index in [1.807, 2.05) is 12.1 Å². The molecule has 1 aliphatic rings. The van der Waals surface area contributed by atoms with Crippen molar-refractivity contribution < 1.29 is 5.11 Å². The molecule has 1 atom stereocenters. The van der Waals surface area contributed by atoms with Crippen molar-refractivity contribution in [1.82, 2.24) is 9.13 Å². The zero-order chi connectivity index (χ0) is 14.4. The van der Waals surface area contributed by atoms with E-state index in [1.54, 1.807) is 23.2 Å². The lowest BCUT2D eigenvalue weighted by Crippen LogP contribution is -2.19. The molecule has 20 heavy (non-hydrogen) atoms. The summed E-state index contributed by atoms with van der Waals surface area (Å²) in [6, 6.07) is 3.88. The monoisotopic (exact) mass is 338 g/mol. The van der Waals surface area contributed by atoms with Crippen LogP contribution in [0.15, 0.2) is 21.4 Å². The highest BCUT2D eigenvalue weighted by Gasteiger charge is 2.26. The molecule has 1 N–H and O–H groups in total. The molecule has 1 fully saturated rings. The van der Waals surface area contributed by atoms with Crippen molar-refractivity contribution in [2.24, 2.45) is 20.0 Å². The molecule has 108 valence electrons. The molecule has 3 rings (SSSR count). The summed E-state index contributed by atoms with van der Waals surface area (Å²) in [5.74, 6) is 0.337. The van der Waals surface area contributed by atoms with E-state index in [2.05, 4.69) is 15.9 Å². The molecule has 1 unspecified atom stereocenters. The second-order valence-electron chi connectivity index (χ2n) is 5.75. The van der Waals surface area contributed by atoms with Gasteiger partial charge in [-0.15, -0.1) is 0 Å². The van der Waals surface area contributed by atoms with E-state index in [9.17, 15) is 9.90 Å². The van der Waals surface area contributed by atoms with Crippen LogP contribution in [0.2, 0.25) is 0 Å². The molecular weight excluding hydrogens is 320 g/mol. The van der Waals surface area contributed by atoms with E-state index < -0.39 is 6.10 Å². The number of hydrogen-bond acceptors (Lipinski definition) is 2. The molecule has 1 aromatic carbocycles. The maximum Gasteiger partial charge on any atom is 0.328 e. The number of rotatable bonds is 2. The second kappa shape index (κ2) is 5.04. The van der Waals surface area contributed by atoms with E-state index >= 15 is 0 Å². The second-order valence-corrected chi connectivity index (χ2v) is 6.61. The molecule has 0 radical (unpaired) electrons. The zero-order valence-electron chi connectivity index (χ0n) is 11.8. The van der Waals surface area contributed by atoms with Crippen LogP contribution in [0.5, 0.6) is 0 Å². The van der Waals surface area contributed by atoms with Gasteiger partial charge in [0.25, 0.3) is 0 Å². The number of aromatic nitrogens is 2. The van der Waals surface area contributed by atoms with Gasteiger partial charge in [0.2, 0.25) is 0 Å². The standard InChI is InChI=1S/C15H19BrN2O2/c1-17-12-7-10(14(19)9-5-3-4-6-9)11(16)8-13(12)18(2)15(17)20/h7-9,14,19H,3-6H2,1-2H3. The van der Waals surface area contributed by atoms with Crippen molar-refractivity contribution in [1.29, 1.82) is 0 Å². The number of fused-ring (bicyclic) bond motifs is 1. The molecule has 0 amide bonds. The molecule has 0 spiro atoms. The number of aryl methyl sites for hydroxylation is 2. The minimum absolute atomic E-state index is 0.0422. The lowest BCUT2D eigenvalue weighted by Gasteiger charge is -2.19. The van der Waals surface area contributed by atoms with Gasteiger partial charge in [0.05, 0.1) is 17.1 Å². The quantitative estimate of drug-likeness (QED) is 0.915. The Morgan fingerprint density at radius 2 is 1.75 bits per heavy atom. The summed E-state index contributed by atoms with van der Waals surface area (Å²) in [4.78, 5) is 12.0. The van der Waals surface area contributed by atoms with E-state index in [0.29, 0.717) is 5.92 Å². The lowest BCUT2D eigenvalue weighted by atomic mass is 9.94. The Kier molecular flexibility index (Phi) is 3.50. The Labute approximate surface area is 126 Å². The first-order chi connectivity index (χ1) is 9.50. The molecule has 2 aromatic rings. The molecule has 0 aliphatic heterocycles. The van der Waals surface area contributed by atoms with Gasteiger partial charge in [-0.3, -0.25) is 9.13 Å². The molecule has 1 heterocycles. The Hall–Kier alpha value is -1.07. The fourth-order valence-electron chi connectivity index (χ4n) is 3.29. The number of hydrogen-bond donors (Lipinski definition) is 1. The fourth-order valence-corrected chi connectivity index (χ4v) is 3.86. The molecule has 1 aromatic heterocycles. The minimum atomic E-state index is -0.452. The SMILES string of the molecule is Cn1c(=O)n(C)c2cc(C(O)C3CCCC3)c(Br)cc21. The predicted molar refractivity (Wildman–Crippen MR) is 82.8 cm³/mol. The van der Waals surface area contributed by atoms with Gasteiger partial charge in [-0.2, -0.15) is 0 Å². The van der Waals surface area contributed by atoms with Gasteiger partial charge < -0.3 is 5.11 Å². The van der Waals surface area contributed by atoms with Crippen LogP contribution in [0.3, 0.4) is 0 Å². The summed E-state index contributed by atoms with van der Waals surface area (Å²) in [5, 5.41) is 10.6. The van der Waals surface area contributed by atoms with Crippen LogP contribution in [-0.2, 0) is 14.1 Å². The van der Waals surface area contributed by atoms with E-state index in [4.69, 9.17) is 0 Å². The number of nitrogens with zero attached hydrogens (tertiary/aromatic N) is 2. The number of aliphatic hydroxyl groups is 1. The molecule has 5 heteroatoms. The normalized spacial score (nSPS) is 18.0. The third-order valence-electron chi connectivity index (χ3n) is 4.56. The summed E-state index contributed by atoms with van der Waals surface area (Å²) < 4.78 is 4.14. The molecular formula is C15H19BrN2O2. The van der Waals surface area contributed by atoms with Crippen LogP contribution in [0.4, 0.5) is 0 Å². The van der Waals surface area contributed by atoms with Gasteiger partial charge in [0, 0.05) is 18.6 Å². The summed E-state index contributed by atoms with van der Waals surface area (Å²) in [7, 11) is 3.54. The van der Waals surface area contributed by atoms with Crippen molar-refractivity contribution >= 4 is 27.0 Å². The maximum absolute atomic E-state index is 12.0. The van der Waals surface area contributed by atoms with Crippen LogP contribution in [0.25, 0.3) is 11.0 Å². The molecule has 0 saturated heterocycles. The van der Waals surface area contributed by atoms with E-state index in [1.165, 1.54) is 12.8 Å². The van der Waals surface area contributed by atoms with Crippen LogP contribution < -0.4 is 5.69 Å². The number of halogens is 1. The van der Waals surface area contributed by atoms with Gasteiger partial charge in [0.1, 0.15) is 0 Å². The van der Waals surface area contributed by atoms with E-state index in [-0.39, 0.29) is 5.69 Å². The third kappa shape index (κ3) is 2.04. The highest BCUT2D eigenvalue weighted by Crippen LogP contribution is 2.39. The summed E-state index contributed by atoms with van der Waals surface area (Å²) in [5.41, 5.74) is 2.60. The smallest absolute Gasteiger partial charge is 0.328 e. The Morgan fingerprint density at radius 3 is 2.35 bits per heavy atom. The van der Waals surface area contributed by atoms with Crippen molar-refractivity contribution in [3.63, 3.8) is 0 Å². The van der Waals surface area contributed by atoms with Crippen LogP contribution >= 0.6 is 15.9 Å². The van der Waals surface area contributed by atoms with Gasteiger partial charge >= 0.3 is 5.69 Å². The van der Waals surface area contributed by atoms with E-state index in [0.717, 1.165) is 33.9 Å². The van der Waals surface area contributed by atoms with Crippen molar-refractivity contribution in [2.45, 2.75) is 31.8 Å². The Balaban J connectivity index is 2.14. The fraction of sp³-hybridized carbons (Fsp3) is 0.533. The largest absolute Gasteiger partial charge is 0.388 e. The predicted octanol–water partition coefficient (Wildman–Crippen LogP) is 2.86. The highest BCUT2D eigenvalue weighted by molar-refractivity contribution is 9.10. The summed E-state index contributed by atoms with van der Waals surface area (Å²) in [6.45, 7) is 0. The van der Waals surface area contributed by atoms with Crippen LogP contribution in [-0.4, -0.2) is 14.2 Å². The average Bonchev–Trinajstić information content (AvgIpc) is 3.03. The molecule has 0 bridgehead atoms. The highest BCUT2D eigenvalue weighted by atomic mass is 79.9. The third-order valence-corrected chi connectivity index (χ3v) is 5.24. The van der Waals surface area contributed by atoms with Gasteiger partial charge in [-0.05, 0) is 36.5 Å². The van der Waals surface area contributed by atoms with Gasteiger partial charge in [-0.1, -0.05) is 28.8 Å². The maximum atomic E-state index is 12.0. The first-order valence-corrected chi connectivity index (χ1v) is 7.83.